The molecule has 74 valence electrons. The minimum Gasteiger partial charge on any atom is -0.0990 e. The Morgan fingerprint density at radius 1 is 1.43 bits per heavy atom. The lowest BCUT2D eigenvalue weighted by Gasteiger charge is -2.12. The zero-order valence-electron chi connectivity index (χ0n) is 9.14. The van der Waals surface area contributed by atoms with Gasteiger partial charge in [-0.2, -0.15) is 0 Å². The van der Waals surface area contributed by atoms with Crippen molar-refractivity contribution in [1.29, 1.82) is 0 Å². The summed E-state index contributed by atoms with van der Waals surface area (Å²) < 4.78 is 0. The molecule has 0 nitrogen and oxygen atoms in total. The number of rotatable bonds is 3. The molecule has 1 aromatic rings. The molecule has 0 heteroatoms. The highest BCUT2D eigenvalue weighted by molar-refractivity contribution is 5.29. The standard InChI is InChI=1S/C14H18/c1-11-5-4-6-13(9-11)10-12(2)14(3)7-8-14/h4-6,9H,2,7-8,10H2,1,3H3. The first-order valence-electron chi connectivity index (χ1n) is 5.34. The first-order chi connectivity index (χ1) is 6.60. The van der Waals surface area contributed by atoms with Gasteiger partial charge in [-0.05, 0) is 37.2 Å². The van der Waals surface area contributed by atoms with Crippen LogP contribution in [-0.2, 0) is 6.42 Å². The summed E-state index contributed by atoms with van der Waals surface area (Å²) in [7, 11) is 0. The van der Waals surface area contributed by atoms with E-state index in [-0.39, 0.29) is 0 Å². The molecular formula is C14H18. The van der Waals surface area contributed by atoms with Crippen molar-refractivity contribution >= 4 is 0 Å². The number of aryl methyl sites for hydroxylation is 1. The van der Waals surface area contributed by atoms with Crippen LogP contribution in [0.5, 0.6) is 0 Å². The van der Waals surface area contributed by atoms with Crippen LogP contribution >= 0.6 is 0 Å². The third-order valence-corrected chi connectivity index (χ3v) is 3.35. The van der Waals surface area contributed by atoms with Gasteiger partial charge in [0.2, 0.25) is 0 Å². The van der Waals surface area contributed by atoms with Crippen molar-refractivity contribution in [3.8, 4) is 0 Å². The van der Waals surface area contributed by atoms with E-state index < -0.39 is 0 Å². The average molecular weight is 186 g/mol. The number of hydrogen-bond acceptors (Lipinski definition) is 0. The smallest absolute Gasteiger partial charge is 0.00643 e. The molecule has 0 bridgehead atoms. The van der Waals surface area contributed by atoms with Crippen LogP contribution in [-0.4, -0.2) is 0 Å². The van der Waals surface area contributed by atoms with Crippen LogP contribution < -0.4 is 0 Å². The van der Waals surface area contributed by atoms with Gasteiger partial charge < -0.3 is 0 Å². The Labute approximate surface area is 86.7 Å². The maximum atomic E-state index is 4.21. The fraction of sp³-hybridized carbons (Fsp3) is 0.429. The van der Waals surface area contributed by atoms with Crippen molar-refractivity contribution < 1.29 is 0 Å². The summed E-state index contributed by atoms with van der Waals surface area (Å²) in [6.07, 6.45) is 3.72. The van der Waals surface area contributed by atoms with E-state index in [1.807, 2.05) is 0 Å². The zero-order chi connectivity index (χ0) is 10.2. The third-order valence-electron chi connectivity index (χ3n) is 3.35. The zero-order valence-corrected chi connectivity index (χ0v) is 9.14. The lowest BCUT2D eigenvalue weighted by atomic mass is 9.93. The van der Waals surface area contributed by atoms with Crippen LogP contribution in [0, 0.1) is 12.3 Å². The van der Waals surface area contributed by atoms with Gasteiger partial charge in [-0.1, -0.05) is 48.9 Å². The molecule has 1 saturated carbocycles. The van der Waals surface area contributed by atoms with Crippen LogP contribution in [0.25, 0.3) is 0 Å². The fourth-order valence-corrected chi connectivity index (χ4v) is 1.82. The normalized spacial score (nSPS) is 17.9. The summed E-state index contributed by atoms with van der Waals surface area (Å²) in [5.74, 6) is 0. The highest BCUT2D eigenvalue weighted by Gasteiger charge is 2.39. The molecule has 0 atom stereocenters. The van der Waals surface area contributed by atoms with Crippen molar-refractivity contribution in [2.45, 2.75) is 33.1 Å². The molecule has 0 aliphatic heterocycles. The largest absolute Gasteiger partial charge is 0.0990 e. The first-order valence-corrected chi connectivity index (χ1v) is 5.34. The molecule has 2 rings (SSSR count). The second kappa shape index (κ2) is 3.27. The molecule has 1 fully saturated rings. The topological polar surface area (TPSA) is 0 Å². The molecule has 0 spiro atoms. The lowest BCUT2D eigenvalue weighted by molar-refractivity contribution is 0.669. The molecule has 1 aromatic carbocycles. The van der Waals surface area contributed by atoms with Crippen molar-refractivity contribution in [2.75, 3.05) is 0 Å². The second-order valence-corrected chi connectivity index (χ2v) is 4.83. The molecule has 1 aliphatic rings. The monoisotopic (exact) mass is 186 g/mol. The van der Waals surface area contributed by atoms with Crippen LogP contribution in [0.2, 0.25) is 0 Å². The second-order valence-electron chi connectivity index (χ2n) is 4.83. The maximum Gasteiger partial charge on any atom is -0.00643 e. The molecular weight excluding hydrogens is 168 g/mol. The van der Waals surface area contributed by atoms with Gasteiger partial charge in [0.25, 0.3) is 0 Å². The molecule has 14 heavy (non-hydrogen) atoms. The summed E-state index contributed by atoms with van der Waals surface area (Å²) >= 11 is 0. The lowest BCUT2D eigenvalue weighted by Crippen LogP contribution is -2.01. The van der Waals surface area contributed by atoms with E-state index >= 15 is 0 Å². The van der Waals surface area contributed by atoms with E-state index in [2.05, 4.69) is 44.7 Å². The predicted octanol–water partition coefficient (Wildman–Crippen LogP) is 3.89. The summed E-state index contributed by atoms with van der Waals surface area (Å²) in [4.78, 5) is 0. The van der Waals surface area contributed by atoms with Crippen LogP contribution in [0.15, 0.2) is 36.4 Å². The summed E-state index contributed by atoms with van der Waals surface area (Å²) in [6, 6.07) is 8.74. The summed E-state index contributed by atoms with van der Waals surface area (Å²) in [5.41, 5.74) is 4.62. The molecule has 1 aliphatic carbocycles. The van der Waals surface area contributed by atoms with E-state index in [0.29, 0.717) is 5.41 Å². The molecule has 0 unspecified atom stereocenters. The van der Waals surface area contributed by atoms with Gasteiger partial charge in [0.15, 0.2) is 0 Å². The Kier molecular flexibility index (Phi) is 2.22. The van der Waals surface area contributed by atoms with Crippen molar-refractivity contribution in [2.24, 2.45) is 5.41 Å². The SMILES string of the molecule is C=C(Cc1cccc(C)c1)C1(C)CC1. The Hall–Kier alpha value is -1.04. The molecule has 0 radical (unpaired) electrons. The van der Waals surface area contributed by atoms with Gasteiger partial charge in [0.05, 0.1) is 0 Å². The molecule has 0 saturated heterocycles. The Bertz CT molecular complexity index is 356. The molecule has 0 aromatic heterocycles. The van der Waals surface area contributed by atoms with Crippen molar-refractivity contribution in [3.63, 3.8) is 0 Å². The van der Waals surface area contributed by atoms with Gasteiger partial charge in [-0.25, -0.2) is 0 Å². The van der Waals surface area contributed by atoms with E-state index in [4.69, 9.17) is 0 Å². The minimum absolute atomic E-state index is 0.462. The first kappa shape index (κ1) is 9.51. The van der Waals surface area contributed by atoms with Gasteiger partial charge in [0, 0.05) is 0 Å². The van der Waals surface area contributed by atoms with Crippen LogP contribution in [0.1, 0.15) is 30.9 Å². The highest BCUT2D eigenvalue weighted by Crippen LogP contribution is 2.51. The third kappa shape index (κ3) is 1.89. The Balaban J connectivity index is 2.07. The Morgan fingerprint density at radius 3 is 2.71 bits per heavy atom. The molecule has 0 heterocycles. The van der Waals surface area contributed by atoms with Gasteiger partial charge in [0.1, 0.15) is 0 Å². The van der Waals surface area contributed by atoms with Gasteiger partial charge in [-0.15, -0.1) is 0 Å². The number of allylic oxidation sites excluding steroid dienone is 1. The minimum atomic E-state index is 0.462. The van der Waals surface area contributed by atoms with Crippen LogP contribution in [0.4, 0.5) is 0 Å². The molecule has 0 N–H and O–H groups in total. The van der Waals surface area contributed by atoms with Crippen molar-refractivity contribution in [3.05, 3.63) is 47.5 Å². The maximum absolute atomic E-state index is 4.21. The van der Waals surface area contributed by atoms with Crippen LogP contribution in [0.3, 0.4) is 0 Å². The number of benzene rings is 1. The summed E-state index contributed by atoms with van der Waals surface area (Å²) in [6.45, 7) is 8.68. The van der Waals surface area contributed by atoms with Gasteiger partial charge in [-0.3, -0.25) is 0 Å². The van der Waals surface area contributed by atoms with E-state index in [9.17, 15) is 0 Å². The average Bonchev–Trinajstić information content (AvgIpc) is 2.85. The summed E-state index contributed by atoms with van der Waals surface area (Å²) in [5, 5.41) is 0. The van der Waals surface area contributed by atoms with E-state index in [1.54, 1.807) is 0 Å². The Morgan fingerprint density at radius 2 is 2.14 bits per heavy atom. The van der Waals surface area contributed by atoms with Crippen molar-refractivity contribution in [1.82, 2.24) is 0 Å². The van der Waals surface area contributed by atoms with Gasteiger partial charge >= 0.3 is 0 Å². The van der Waals surface area contributed by atoms with E-state index in [0.717, 1.165) is 6.42 Å². The predicted molar refractivity (Wildman–Crippen MR) is 61.4 cm³/mol. The molecule has 0 amide bonds. The fourth-order valence-electron chi connectivity index (χ4n) is 1.82. The quantitative estimate of drug-likeness (QED) is 0.628. The number of hydrogen-bond donors (Lipinski definition) is 0. The highest BCUT2D eigenvalue weighted by atomic mass is 14.4. The van der Waals surface area contributed by atoms with E-state index in [1.165, 1.54) is 29.5 Å².